The molecule has 2 amide bonds. The molecule has 7 nitrogen and oxygen atoms in total. The first-order chi connectivity index (χ1) is 11.6. The summed E-state index contributed by atoms with van der Waals surface area (Å²) in [7, 11) is 0. The number of rotatable bonds is 11. The van der Waals surface area contributed by atoms with Gasteiger partial charge in [0.05, 0.1) is 0 Å². The summed E-state index contributed by atoms with van der Waals surface area (Å²) < 4.78 is 5.17. The van der Waals surface area contributed by atoms with Crippen LogP contribution in [0.4, 0.5) is 4.79 Å². The molecule has 0 aromatic rings. The Morgan fingerprint density at radius 2 is 1.68 bits per heavy atom. The van der Waals surface area contributed by atoms with Crippen molar-refractivity contribution in [3.8, 4) is 0 Å². The number of aliphatic carboxylic acids is 1. The second kappa shape index (κ2) is 12.3. The topological polar surface area (TPSA) is 105 Å². The summed E-state index contributed by atoms with van der Waals surface area (Å²) in [4.78, 5) is 35.7. The van der Waals surface area contributed by atoms with Gasteiger partial charge in [0.2, 0.25) is 5.91 Å². The van der Waals surface area contributed by atoms with Crippen molar-refractivity contribution in [3.63, 3.8) is 0 Å². The molecule has 0 aromatic carbocycles. The first-order valence-electron chi connectivity index (χ1n) is 8.20. The van der Waals surface area contributed by atoms with Crippen LogP contribution in [0.1, 0.15) is 40.5 Å². The molecule has 0 spiro atoms. The highest BCUT2D eigenvalue weighted by Gasteiger charge is 2.27. The zero-order chi connectivity index (χ0) is 19.5. The summed E-state index contributed by atoms with van der Waals surface area (Å²) >= 11 is 3.15. The van der Waals surface area contributed by atoms with Crippen molar-refractivity contribution in [2.45, 2.75) is 58.2 Å². The number of carbonyl (C=O) groups is 3. The Hall–Kier alpha value is -1.09. The van der Waals surface area contributed by atoms with Crippen LogP contribution in [0, 0.1) is 0 Å². The van der Waals surface area contributed by atoms with Crippen molar-refractivity contribution in [2.75, 3.05) is 23.5 Å². The van der Waals surface area contributed by atoms with E-state index in [1.807, 2.05) is 13.2 Å². The molecule has 3 N–H and O–H groups in total. The van der Waals surface area contributed by atoms with E-state index in [1.165, 1.54) is 11.8 Å². The van der Waals surface area contributed by atoms with Gasteiger partial charge in [-0.1, -0.05) is 6.92 Å². The van der Waals surface area contributed by atoms with Gasteiger partial charge in [-0.2, -0.15) is 23.5 Å². The van der Waals surface area contributed by atoms with Gasteiger partial charge in [-0.15, -0.1) is 0 Å². The van der Waals surface area contributed by atoms with Gasteiger partial charge in [-0.25, -0.2) is 9.59 Å². The highest BCUT2D eigenvalue weighted by atomic mass is 32.2. The third-order valence-corrected chi connectivity index (χ3v) is 4.56. The van der Waals surface area contributed by atoms with E-state index in [-0.39, 0.29) is 0 Å². The lowest BCUT2D eigenvalue weighted by Gasteiger charge is -2.24. The fourth-order valence-corrected chi connectivity index (χ4v) is 2.99. The molecule has 0 aliphatic heterocycles. The third kappa shape index (κ3) is 12.0. The second-order valence-corrected chi connectivity index (χ2v) is 8.74. The zero-order valence-corrected chi connectivity index (χ0v) is 17.2. The number of thioether (sulfide) groups is 2. The maximum Gasteiger partial charge on any atom is 0.408 e. The van der Waals surface area contributed by atoms with Crippen molar-refractivity contribution in [2.24, 2.45) is 0 Å². The van der Waals surface area contributed by atoms with E-state index in [4.69, 9.17) is 4.74 Å². The molecule has 2 atom stereocenters. The highest BCUT2D eigenvalue weighted by molar-refractivity contribution is 7.99. The summed E-state index contributed by atoms with van der Waals surface area (Å²) in [5.41, 5.74) is -0.675. The lowest BCUT2D eigenvalue weighted by atomic mass is 10.1. The number of hydrogen-bond acceptors (Lipinski definition) is 6. The molecule has 0 saturated heterocycles. The minimum Gasteiger partial charge on any atom is -0.480 e. The Labute approximate surface area is 158 Å². The average Bonchev–Trinajstić information content (AvgIpc) is 2.48. The predicted octanol–water partition coefficient (Wildman–Crippen LogP) is 2.35. The molecule has 2 unspecified atom stereocenters. The number of amides is 2. The highest BCUT2D eigenvalue weighted by Crippen LogP contribution is 2.09. The number of nitrogens with one attached hydrogen (secondary N) is 2. The summed E-state index contributed by atoms with van der Waals surface area (Å²) in [6.45, 7) is 7.18. The number of carboxylic acids is 1. The van der Waals surface area contributed by atoms with E-state index in [1.54, 1.807) is 32.5 Å². The monoisotopic (exact) mass is 394 g/mol. The molecule has 0 radical (unpaired) electrons. The smallest absolute Gasteiger partial charge is 0.408 e. The van der Waals surface area contributed by atoms with E-state index in [0.717, 1.165) is 5.75 Å². The van der Waals surface area contributed by atoms with Crippen LogP contribution in [-0.4, -0.2) is 64.3 Å². The predicted molar refractivity (Wildman–Crippen MR) is 103 cm³/mol. The minimum atomic E-state index is -1.08. The van der Waals surface area contributed by atoms with Crippen LogP contribution >= 0.6 is 23.5 Å². The van der Waals surface area contributed by atoms with Crippen LogP contribution in [-0.2, 0) is 14.3 Å². The molecular weight excluding hydrogens is 364 g/mol. The number of alkyl carbamates (subject to hydrolysis) is 1. The maximum absolute atomic E-state index is 12.4. The fraction of sp³-hybridized carbons (Fsp3) is 0.812. The molecule has 9 heteroatoms. The molecule has 146 valence electrons. The Morgan fingerprint density at radius 1 is 1.08 bits per heavy atom. The Balaban J connectivity index is 4.83. The Kier molecular flexibility index (Phi) is 11.8. The largest absolute Gasteiger partial charge is 0.480 e. The molecule has 0 bridgehead atoms. The van der Waals surface area contributed by atoms with E-state index < -0.39 is 35.7 Å². The number of carbonyl (C=O) groups excluding carboxylic acids is 2. The molecule has 0 aliphatic rings. The normalized spacial score (nSPS) is 13.6. The summed E-state index contributed by atoms with van der Waals surface area (Å²) in [5, 5.41) is 14.3. The lowest BCUT2D eigenvalue weighted by Crippen LogP contribution is -2.52. The molecule has 0 heterocycles. The molecular formula is C16H30N2O5S2. The molecule has 0 aromatic heterocycles. The van der Waals surface area contributed by atoms with Gasteiger partial charge < -0.3 is 20.5 Å². The number of ether oxygens (including phenoxy) is 1. The third-order valence-electron chi connectivity index (χ3n) is 2.99. The molecule has 0 fully saturated rings. The fourth-order valence-electron chi connectivity index (χ4n) is 1.83. The Morgan fingerprint density at radius 3 is 2.16 bits per heavy atom. The van der Waals surface area contributed by atoms with E-state index in [0.29, 0.717) is 24.3 Å². The summed E-state index contributed by atoms with van der Waals surface area (Å²) in [6, 6.07) is -1.80. The van der Waals surface area contributed by atoms with Crippen LogP contribution < -0.4 is 10.6 Å². The van der Waals surface area contributed by atoms with Crippen molar-refractivity contribution in [1.29, 1.82) is 0 Å². The van der Waals surface area contributed by atoms with E-state index in [9.17, 15) is 19.5 Å². The van der Waals surface area contributed by atoms with Crippen LogP contribution in [0.3, 0.4) is 0 Å². The average molecular weight is 395 g/mol. The van der Waals surface area contributed by atoms with Gasteiger partial charge in [0.1, 0.15) is 17.7 Å². The minimum absolute atomic E-state index is 0.335. The van der Waals surface area contributed by atoms with E-state index >= 15 is 0 Å². The van der Waals surface area contributed by atoms with Crippen LogP contribution in [0.2, 0.25) is 0 Å². The lowest BCUT2D eigenvalue weighted by molar-refractivity contribution is -0.142. The standard InChI is InChI=1S/C16H30N2O5S2/c1-6-25-10-8-12(14(20)21)17-13(19)11(7-9-24-5)18-15(22)23-16(2,3)4/h11-12H,6-10H2,1-5H3,(H,17,19)(H,18,22)(H,20,21). The number of carboxylic acid groups (broad SMARTS) is 1. The van der Waals surface area contributed by atoms with Gasteiger partial charge in [-0.05, 0) is 57.1 Å². The molecule has 0 rings (SSSR count). The van der Waals surface area contributed by atoms with Crippen molar-refractivity contribution in [1.82, 2.24) is 10.6 Å². The first kappa shape index (κ1) is 23.9. The van der Waals surface area contributed by atoms with Gasteiger partial charge in [0, 0.05) is 0 Å². The van der Waals surface area contributed by atoms with Crippen molar-refractivity contribution < 1.29 is 24.2 Å². The Bertz CT molecular complexity index is 441. The van der Waals surface area contributed by atoms with Gasteiger partial charge in [0.15, 0.2) is 0 Å². The van der Waals surface area contributed by atoms with Gasteiger partial charge in [0.25, 0.3) is 0 Å². The molecule has 0 aliphatic carbocycles. The van der Waals surface area contributed by atoms with Crippen molar-refractivity contribution in [3.05, 3.63) is 0 Å². The van der Waals surface area contributed by atoms with Crippen LogP contribution in [0.5, 0.6) is 0 Å². The van der Waals surface area contributed by atoms with Gasteiger partial charge in [-0.3, -0.25) is 4.79 Å². The quantitative estimate of drug-likeness (QED) is 0.462. The summed E-state index contributed by atoms with van der Waals surface area (Å²) in [6.07, 6.45) is 1.93. The molecule has 25 heavy (non-hydrogen) atoms. The maximum atomic E-state index is 12.4. The van der Waals surface area contributed by atoms with Gasteiger partial charge >= 0.3 is 12.1 Å². The molecule has 0 saturated carbocycles. The van der Waals surface area contributed by atoms with Crippen LogP contribution in [0.15, 0.2) is 0 Å². The van der Waals surface area contributed by atoms with Crippen LogP contribution in [0.25, 0.3) is 0 Å². The first-order valence-corrected chi connectivity index (χ1v) is 10.7. The van der Waals surface area contributed by atoms with E-state index in [2.05, 4.69) is 10.6 Å². The SMILES string of the molecule is CCSCCC(NC(=O)C(CCSC)NC(=O)OC(C)(C)C)C(=O)O. The second-order valence-electron chi connectivity index (χ2n) is 6.37. The zero-order valence-electron chi connectivity index (χ0n) is 15.6. The number of hydrogen-bond donors (Lipinski definition) is 3. The summed E-state index contributed by atoms with van der Waals surface area (Å²) in [5.74, 6) is 0.594. The van der Waals surface area contributed by atoms with Crippen molar-refractivity contribution >= 4 is 41.5 Å².